The number of guanidine groups is 1. The largest absolute Gasteiger partial charge is 0.494 e. The molecule has 0 saturated heterocycles. The number of nitrogens with zero attached hydrogens (tertiary/aromatic N) is 3. The van der Waals surface area contributed by atoms with Crippen molar-refractivity contribution in [3.05, 3.63) is 46.4 Å². The third kappa shape index (κ3) is 5.90. The summed E-state index contributed by atoms with van der Waals surface area (Å²) in [5.74, 6) is 1.78. The first-order chi connectivity index (χ1) is 11.2. The van der Waals surface area contributed by atoms with Crippen molar-refractivity contribution in [2.24, 2.45) is 4.99 Å². The first kappa shape index (κ1) is 17.3. The minimum atomic E-state index is 0.684. The van der Waals surface area contributed by atoms with E-state index < -0.39 is 0 Å². The van der Waals surface area contributed by atoms with E-state index in [4.69, 9.17) is 4.74 Å². The number of thiazole rings is 1. The second-order valence-electron chi connectivity index (χ2n) is 5.20. The first-order valence-electron chi connectivity index (χ1n) is 7.69. The molecule has 1 N–H and O–H groups in total. The third-order valence-electron chi connectivity index (χ3n) is 3.26. The lowest BCUT2D eigenvalue weighted by Crippen LogP contribution is -2.39. The monoisotopic (exact) mass is 332 g/mol. The van der Waals surface area contributed by atoms with Crippen LogP contribution in [-0.4, -0.2) is 43.1 Å². The van der Waals surface area contributed by atoms with Gasteiger partial charge < -0.3 is 15.0 Å². The van der Waals surface area contributed by atoms with Gasteiger partial charge in [0.05, 0.1) is 23.9 Å². The summed E-state index contributed by atoms with van der Waals surface area (Å²) in [7, 11) is 3.82. The van der Waals surface area contributed by atoms with Gasteiger partial charge >= 0.3 is 0 Å². The predicted molar refractivity (Wildman–Crippen MR) is 96.2 cm³/mol. The third-order valence-corrected chi connectivity index (χ3v) is 4.08. The number of ether oxygens (including phenoxy) is 1. The number of aryl methyl sites for hydroxylation is 1. The molecular formula is C17H24N4OS. The number of benzene rings is 1. The SMILES string of the molecule is CN=C(NCCCOc1ccccc1)N(C)Cc1csc(C)n1. The average Bonchev–Trinajstić information content (AvgIpc) is 2.96. The minimum absolute atomic E-state index is 0.684. The number of nitrogens with one attached hydrogen (secondary N) is 1. The minimum Gasteiger partial charge on any atom is -0.494 e. The molecule has 124 valence electrons. The molecule has 0 unspecified atom stereocenters. The molecule has 0 saturated carbocycles. The fourth-order valence-corrected chi connectivity index (χ4v) is 2.77. The molecule has 6 heteroatoms. The second-order valence-corrected chi connectivity index (χ2v) is 6.27. The molecule has 23 heavy (non-hydrogen) atoms. The molecule has 2 aromatic rings. The van der Waals surface area contributed by atoms with Crippen LogP contribution in [0, 0.1) is 6.92 Å². The van der Waals surface area contributed by atoms with Gasteiger partial charge in [0.2, 0.25) is 0 Å². The molecular weight excluding hydrogens is 308 g/mol. The molecule has 0 amide bonds. The van der Waals surface area contributed by atoms with Gasteiger partial charge in [0.15, 0.2) is 5.96 Å². The van der Waals surface area contributed by atoms with Crippen molar-refractivity contribution in [2.75, 3.05) is 27.2 Å². The van der Waals surface area contributed by atoms with Crippen LogP contribution in [0.25, 0.3) is 0 Å². The van der Waals surface area contributed by atoms with Crippen molar-refractivity contribution in [1.29, 1.82) is 0 Å². The molecule has 5 nitrogen and oxygen atoms in total. The molecule has 0 aliphatic carbocycles. The van der Waals surface area contributed by atoms with Crippen molar-refractivity contribution in [3.63, 3.8) is 0 Å². The lowest BCUT2D eigenvalue weighted by atomic mass is 10.3. The lowest BCUT2D eigenvalue weighted by molar-refractivity contribution is 0.310. The van der Waals surface area contributed by atoms with Gasteiger partial charge in [-0.05, 0) is 25.5 Å². The summed E-state index contributed by atoms with van der Waals surface area (Å²) in [5, 5.41) is 6.54. The van der Waals surface area contributed by atoms with Crippen LogP contribution in [-0.2, 0) is 6.54 Å². The highest BCUT2D eigenvalue weighted by Crippen LogP contribution is 2.10. The Hall–Kier alpha value is -2.08. The van der Waals surface area contributed by atoms with Gasteiger partial charge in [0.1, 0.15) is 5.75 Å². The Morgan fingerprint density at radius 2 is 2.13 bits per heavy atom. The Kier molecular flexibility index (Phi) is 6.87. The summed E-state index contributed by atoms with van der Waals surface area (Å²) in [6, 6.07) is 9.87. The molecule has 0 spiro atoms. The number of aliphatic imine (C=N–C) groups is 1. The van der Waals surface area contributed by atoms with E-state index in [2.05, 4.69) is 25.6 Å². The maximum absolute atomic E-state index is 5.68. The number of aromatic nitrogens is 1. The van der Waals surface area contributed by atoms with Crippen LogP contribution in [0.15, 0.2) is 40.7 Å². The Bertz CT molecular complexity index is 612. The summed E-state index contributed by atoms with van der Waals surface area (Å²) in [6.07, 6.45) is 0.914. The molecule has 0 atom stereocenters. The molecule has 1 heterocycles. The standard InChI is InChI=1S/C17H24N4OS/c1-14-20-15(13-23-14)12-21(3)17(18-2)19-10-7-11-22-16-8-5-4-6-9-16/h4-6,8-9,13H,7,10-12H2,1-3H3,(H,18,19). The smallest absolute Gasteiger partial charge is 0.193 e. The molecule has 2 rings (SSSR count). The molecule has 0 fully saturated rings. The molecule has 1 aromatic heterocycles. The maximum atomic E-state index is 5.68. The fourth-order valence-electron chi connectivity index (χ4n) is 2.16. The lowest BCUT2D eigenvalue weighted by Gasteiger charge is -2.21. The van der Waals surface area contributed by atoms with Gasteiger partial charge in [0, 0.05) is 26.0 Å². The molecule has 1 aromatic carbocycles. The number of hydrogen-bond donors (Lipinski definition) is 1. The van der Waals surface area contributed by atoms with Gasteiger partial charge in [-0.1, -0.05) is 18.2 Å². The summed E-state index contributed by atoms with van der Waals surface area (Å²) in [6.45, 7) is 4.28. The Labute approximate surface area is 142 Å². The quantitative estimate of drug-likeness (QED) is 0.481. The van der Waals surface area contributed by atoms with E-state index in [0.717, 1.165) is 41.9 Å². The highest BCUT2D eigenvalue weighted by molar-refractivity contribution is 7.09. The summed E-state index contributed by atoms with van der Waals surface area (Å²) in [5.41, 5.74) is 1.07. The predicted octanol–water partition coefficient (Wildman–Crippen LogP) is 2.93. The fraction of sp³-hybridized carbons (Fsp3) is 0.412. The van der Waals surface area contributed by atoms with Crippen molar-refractivity contribution in [3.8, 4) is 5.75 Å². The maximum Gasteiger partial charge on any atom is 0.193 e. The van der Waals surface area contributed by atoms with Crippen molar-refractivity contribution in [2.45, 2.75) is 19.9 Å². The Balaban J connectivity index is 1.68. The average molecular weight is 332 g/mol. The second kappa shape index (κ2) is 9.15. The summed E-state index contributed by atoms with van der Waals surface area (Å²) in [4.78, 5) is 10.9. The number of rotatable bonds is 7. The van der Waals surface area contributed by atoms with E-state index in [0.29, 0.717) is 6.61 Å². The van der Waals surface area contributed by atoms with E-state index in [9.17, 15) is 0 Å². The number of para-hydroxylation sites is 1. The topological polar surface area (TPSA) is 49.8 Å². The normalized spacial score (nSPS) is 11.3. The molecule has 0 radical (unpaired) electrons. The molecule has 0 aliphatic rings. The van der Waals surface area contributed by atoms with Crippen LogP contribution in [0.1, 0.15) is 17.1 Å². The van der Waals surface area contributed by atoms with Gasteiger partial charge in [0.25, 0.3) is 0 Å². The zero-order valence-electron chi connectivity index (χ0n) is 14.0. The van der Waals surface area contributed by atoms with Crippen molar-refractivity contribution >= 4 is 17.3 Å². The van der Waals surface area contributed by atoms with E-state index in [1.807, 2.05) is 44.3 Å². The highest BCUT2D eigenvalue weighted by atomic mass is 32.1. The van der Waals surface area contributed by atoms with Crippen LogP contribution in [0.5, 0.6) is 5.75 Å². The van der Waals surface area contributed by atoms with Crippen LogP contribution >= 0.6 is 11.3 Å². The van der Waals surface area contributed by atoms with Gasteiger partial charge in [-0.15, -0.1) is 11.3 Å². The van der Waals surface area contributed by atoms with Crippen LogP contribution < -0.4 is 10.1 Å². The Morgan fingerprint density at radius 1 is 1.35 bits per heavy atom. The zero-order valence-corrected chi connectivity index (χ0v) is 14.8. The van der Waals surface area contributed by atoms with Gasteiger partial charge in [-0.3, -0.25) is 4.99 Å². The van der Waals surface area contributed by atoms with E-state index in [1.54, 1.807) is 18.4 Å². The van der Waals surface area contributed by atoms with Crippen molar-refractivity contribution in [1.82, 2.24) is 15.2 Å². The first-order valence-corrected chi connectivity index (χ1v) is 8.57. The van der Waals surface area contributed by atoms with E-state index in [1.165, 1.54) is 0 Å². The summed E-state index contributed by atoms with van der Waals surface area (Å²) >= 11 is 1.67. The zero-order chi connectivity index (χ0) is 16.5. The number of hydrogen-bond acceptors (Lipinski definition) is 4. The van der Waals surface area contributed by atoms with E-state index >= 15 is 0 Å². The highest BCUT2D eigenvalue weighted by Gasteiger charge is 2.08. The van der Waals surface area contributed by atoms with Gasteiger partial charge in [-0.25, -0.2) is 4.98 Å². The van der Waals surface area contributed by atoms with Crippen LogP contribution in [0.3, 0.4) is 0 Å². The van der Waals surface area contributed by atoms with Gasteiger partial charge in [-0.2, -0.15) is 0 Å². The summed E-state index contributed by atoms with van der Waals surface area (Å²) < 4.78 is 5.68. The molecule has 0 aliphatic heterocycles. The Morgan fingerprint density at radius 3 is 2.78 bits per heavy atom. The van der Waals surface area contributed by atoms with Crippen LogP contribution in [0.4, 0.5) is 0 Å². The van der Waals surface area contributed by atoms with E-state index in [-0.39, 0.29) is 0 Å². The molecule has 0 bridgehead atoms. The van der Waals surface area contributed by atoms with Crippen LogP contribution in [0.2, 0.25) is 0 Å². The van der Waals surface area contributed by atoms with Crippen molar-refractivity contribution < 1.29 is 4.74 Å².